The number of ether oxygens (including phenoxy) is 1. The van der Waals surface area contributed by atoms with Crippen LogP contribution in [0.5, 0.6) is 0 Å². The maximum absolute atomic E-state index is 5.53. The Bertz CT molecular complexity index is 240. The van der Waals surface area contributed by atoms with E-state index in [1.807, 2.05) is 13.0 Å². The molecule has 0 aromatic rings. The molecular formula is C13H20O. The highest BCUT2D eigenvalue weighted by atomic mass is 16.5. The molecule has 0 N–H and O–H groups in total. The lowest BCUT2D eigenvalue weighted by Crippen LogP contribution is -2.25. The van der Waals surface area contributed by atoms with Crippen molar-refractivity contribution in [3.05, 3.63) is 24.3 Å². The molecule has 0 aliphatic rings. The van der Waals surface area contributed by atoms with Crippen molar-refractivity contribution in [3.8, 4) is 12.3 Å². The lowest BCUT2D eigenvalue weighted by Gasteiger charge is -2.24. The third-order valence-corrected chi connectivity index (χ3v) is 2.11. The lowest BCUT2D eigenvalue weighted by atomic mass is 9.99. The van der Waals surface area contributed by atoms with E-state index in [0.717, 1.165) is 12.8 Å². The van der Waals surface area contributed by atoms with Crippen LogP contribution in [0.4, 0.5) is 0 Å². The van der Waals surface area contributed by atoms with Gasteiger partial charge in [-0.05, 0) is 33.6 Å². The Labute approximate surface area is 87.9 Å². The van der Waals surface area contributed by atoms with Gasteiger partial charge in [-0.2, -0.15) is 0 Å². The van der Waals surface area contributed by atoms with Crippen molar-refractivity contribution in [2.45, 2.75) is 39.2 Å². The molecule has 1 unspecified atom stereocenters. The van der Waals surface area contributed by atoms with Crippen LogP contribution < -0.4 is 0 Å². The molecule has 0 radical (unpaired) electrons. The van der Waals surface area contributed by atoms with Gasteiger partial charge in [0.25, 0.3) is 0 Å². The Morgan fingerprint density at radius 1 is 1.57 bits per heavy atom. The fourth-order valence-corrected chi connectivity index (χ4v) is 1.09. The zero-order chi connectivity index (χ0) is 11.0. The Balaban J connectivity index is 4.06. The fourth-order valence-electron chi connectivity index (χ4n) is 1.09. The van der Waals surface area contributed by atoms with Crippen LogP contribution in [-0.4, -0.2) is 12.2 Å². The molecule has 0 bridgehead atoms. The predicted molar refractivity (Wildman–Crippen MR) is 62.1 cm³/mol. The van der Waals surface area contributed by atoms with Gasteiger partial charge in [-0.15, -0.1) is 13.0 Å². The number of terminal acetylenes is 1. The van der Waals surface area contributed by atoms with Crippen molar-refractivity contribution in [1.29, 1.82) is 0 Å². The van der Waals surface area contributed by atoms with Crippen LogP contribution in [0.2, 0.25) is 0 Å². The summed E-state index contributed by atoms with van der Waals surface area (Å²) in [5.41, 5.74) is 1.03. The number of allylic oxidation sites excluding steroid dienone is 2. The minimum absolute atomic E-state index is 0.293. The third-order valence-electron chi connectivity index (χ3n) is 2.11. The highest BCUT2D eigenvalue weighted by Crippen LogP contribution is 2.19. The first-order valence-electron chi connectivity index (χ1n) is 4.88. The van der Waals surface area contributed by atoms with E-state index in [-0.39, 0.29) is 5.60 Å². The fraction of sp³-hybridized carbons (Fsp3) is 0.538. The zero-order valence-electron chi connectivity index (χ0n) is 9.47. The van der Waals surface area contributed by atoms with E-state index in [1.54, 1.807) is 0 Å². The summed E-state index contributed by atoms with van der Waals surface area (Å²) in [6.45, 7) is 10.3. The van der Waals surface area contributed by atoms with Gasteiger partial charge in [0.1, 0.15) is 6.61 Å². The minimum atomic E-state index is -0.293. The summed E-state index contributed by atoms with van der Waals surface area (Å²) < 4.78 is 5.53. The van der Waals surface area contributed by atoms with E-state index in [1.165, 1.54) is 5.57 Å². The van der Waals surface area contributed by atoms with Crippen LogP contribution in [0.15, 0.2) is 24.3 Å². The molecule has 0 amide bonds. The highest BCUT2D eigenvalue weighted by Gasteiger charge is 2.18. The second-order valence-corrected chi connectivity index (χ2v) is 3.83. The van der Waals surface area contributed by atoms with E-state index in [0.29, 0.717) is 6.61 Å². The number of rotatable bonds is 6. The van der Waals surface area contributed by atoms with Gasteiger partial charge in [-0.1, -0.05) is 23.6 Å². The predicted octanol–water partition coefficient (Wildman–Crippen LogP) is 3.33. The Morgan fingerprint density at radius 3 is 2.64 bits per heavy atom. The Hall–Kier alpha value is -1.00. The van der Waals surface area contributed by atoms with Gasteiger partial charge in [0, 0.05) is 0 Å². The number of hydrogen-bond donors (Lipinski definition) is 0. The molecule has 1 atom stereocenters. The smallest absolute Gasteiger partial charge is 0.108 e. The highest BCUT2D eigenvalue weighted by molar-refractivity contribution is 5.00. The maximum atomic E-state index is 5.53. The van der Waals surface area contributed by atoms with Gasteiger partial charge in [-0.25, -0.2) is 0 Å². The summed E-state index contributed by atoms with van der Waals surface area (Å²) in [7, 11) is 0. The van der Waals surface area contributed by atoms with Crippen LogP contribution in [-0.2, 0) is 4.74 Å². The average molecular weight is 192 g/mol. The van der Waals surface area contributed by atoms with Gasteiger partial charge in [-0.3, -0.25) is 0 Å². The molecule has 0 aliphatic carbocycles. The third kappa shape index (κ3) is 5.61. The van der Waals surface area contributed by atoms with Crippen LogP contribution in [0, 0.1) is 12.3 Å². The summed E-state index contributed by atoms with van der Waals surface area (Å²) in [4.78, 5) is 0. The van der Waals surface area contributed by atoms with Gasteiger partial charge in [0.2, 0.25) is 0 Å². The lowest BCUT2D eigenvalue weighted by molar-refractivity contribution is 0.0212. The van der Waals surface area contributed by atoms with Crippen molar-refractivity contribution in [3.63, 3.8) is 0 Å². The molecule has 0 heterocycles. The molecule has 78 valence electrons. The molecular weight excluding hydrogens is 172 g/mol. The summed E-state index contributed by atoms with van der Waals surface area (Å²) >= 11 is 0. The van der Waals surface area contributed by atoms with E-state index in [9.17, 15) is 0 Å². The van der Waals surface area contributed by atoms with E-state index < -0.39 is 0 Å². The zero-order valence-corrected chi connectivity index (χ0v) is 9.47. The quantitative estimate of drug-likeness (QED) is 0.463. The Morgan fingerprint density at radius 2 is 2.21 bits per heavy atom. The van der Waals surface area contributed by atoms with Crippen molar-refractivity contribution >= 4 is 0 Å². The molecule has 14 heavy (non-hydrogen) atoms. The summed E-state index contributed by atoms with van der Waals surface area (Å²) in [5.74, 6) is 2.47. The number of hydrogen-bond acceptors (Lipinski definition) is 1. The molecule has 0 spiro atoms. The van der Waals surface area contributed by atoms with Crippen LogP contribution in [0.1, 0.15) is 33.6 Å². The standard InChI is InChI=1S/C13H20O/c1-6-11-14-13(5,7-2)10-8-9-12(3)4/h1,7,9H,2,8,10-11H2,3-5H3. The van der Waals surface area contributed by atoms with Crippen LogP contribution in [0.3, 0.4) is 0 Å². The largest absolute Gasteiger partial charge is 0.359 e. The SMILES string of the molecule is C#CCOC(C)(C=C)CCC=C(C)C. The second-order valence-electron chi connectivity index (χ2n) is 3.83. The van der Waals surface area contributed by atoms with Gasteiger partial charge < -0.3 is 4.74 Å². The molecule has 0 aromatic carbocycles. The first kappa shape index (κ1) is 13.0. The maximum Gasteiger partial charge on any atom is 0.108 e. The second kappa shape index (κ2) is 6.45. The van der Waals surface area contributed by atoms with E-state index >= 15 is 0 Å². The topological polar surface area (TPSA) is 9.23 Å². The van der Waals surface area contributed by atoms with Gasteiger partial charge in [0.15, 0.2) is 0 Å². The minimum Gasteiger partial charge on any atom is -0.359 e. The first-order valence-corrected chi connectivity index (χ1v) is 4.88. The monoisotopic (exact) mass is 192 g/mol. The molecule has 0 saturated carbocycles. The summed E-state index contributed by atoms with van der Waals surface area (Å²) in [5, 5.41) is 0. The summed E-state index contributed by atoms with van der Waals surface area (Å²) in [6.07, 6.45) is 11.1. The van der Waals surface area contributed by atoms with Crippen molar-refractivity contribution in [2.75, 3.05) is 6.61 Å². The molecule has 0 rings (SSSR count). The van der Waals surface area contributed by atoms with Crippen LogP contribution >= 0.6 is 0 Å². The van der Waals surface area contributed by atoms with Gasteiger partial charge in [0.05, 0.1) is 5.60 Å². The van der Waals surface area contributed by atoms with E-state index in [2.05, 4.69) is 32.4 Å². The van der Waals surface area contributed by atoms with Crippen molar-refractivity contribution in [1.82, 2.24) is 0 Å². The first-order chi connectivity index (χ1) is 6.54. The molecule has 1 nitrogen and oxygen atoms in total. The molecule has 1 heteroatoms. The van der Waals surface area contributed by atoms with E-state index in [4.69, 9.17) is 11.2 Å². The summed E-state index contributed by atoms with van der Waals surface area (Å²) in [6, 6.07) is 0. The normalized spacial score (nSPS) is 13.9. The molecule has 0 aromatic heterocycles. The molecule has 0 fully saturated rings. The average Bonchev–Trinajstić information content (AvgIpc) is 2.14. The van der Waals surface area contributed by atoms with Gasteiger partial charge >= 0.3 is 0 Å². The molecule has 0 aliphatic heterocycles. The van der Waals surface area contributed by atoms with Crippen LogP contribution in [0.25, 0.3) is 0 Å². The molecule has 0 saturated heterocycles. The Kier molecular flexibility index (Phi) is 5.99. The van der Waals surface area contributed by atoms with Crippen molar-refractivity contribution in [2.24, 2.45) is 0 Å². The van der Waals surface area contributed by atoms with Crippen molar-refractivity contribution < 1.29 is 4.74 Å².